The van der Waals surface area contributed by atoms with Gasteiger partial charge in [-0.1, -0.05) is 6.07 Å². The molecule has 0 aliphatic rings. The standard InChI is InChI=1S/C17H19N3O5/c1-11(18-19-13-6-5-7-14(10-13)20(21)22)12-8-15(23-2)17(25-4)16(9-12)24-3/h5-10,19H,1-4H3/b18-11+. The molecule has 2 aromatic carbocycles. The van der Waals surface area contributed by atoms with Crippen LogP contribution in [-0.4, -0.2) is 32.0 Å². The van der Waals surface area contributed by atoms with Gasteiger partial charge in [-0.3, -0.25) is 15.5 Å². The molecule has 0 saturated heterocycles. The summed E-state index contributed by atoms with van der Waals surface area (Å²) in [6.45, 7) is 1.80. The monoisotopic (exact) mass is 345 g/mol. The van der Waals surface area contributed by atoms with Gasteiger partial charge in [-0.25, -0.2) is 0 Å². The summed E-state index contributed by atoms with van der Waals surface area (Å²) in [7, 11) is 4.61. The molecule has 0 fully saturated rings. The van der Waals surface area contributed by atoms with E-state index in [1.54, 1.807) is 31.2 Å². The number of nitro groups is 1. The normalized spacial score (nSPS) is 11.0. The minimum Gasteiger partial charge on any atom is -0.493 e. The summed E-state index contributed by atoms with van der Waals surface area (Å²) in [5.74, 6) is 1.52. The maximum Gasteiger partial charge on any atom is 0.271 e. The first kappa shape index (κ1) is 18.1. The summed E-state index contributed by atoms with van der Waals surface area (Å²) in [4.78, 5) is 10.4. The van der Waals surface area contributed by atoms with E-state index >= 15 is 0 Å². The molecule has 0 aromatic heterocycles. The first-order valence-electron chi connectivity index (χ1n) is 7.35. The SMILES string of the molecule is COc1cc(/C(C)=N/Nc2cccc([N+](=O)[O-])c2)cc(OC)c1OC. The molecule has 0 spiro atoms. The van der Waals surface area contributed by atoms with Crippen LogP contribution in [0.5, 0.6) is 17.2 Å². The Labute approximate surface area is 145 Å². The van der Waals surface area contributed by atoms with E-state index in [-0.39, 0.29) is 5.69 Å². The van der Waals surface area contributed by atoms with Crippen LogP contribution in [0, 0.1) is 10.1 Å². The lowest BCUT2D eigenvalue weighted by molar-refractivity contribution is -0.384. The fraction of sp³-hybridized carbons (Fsp3) is 0.235. The van der Waals surface area contributed by atoms with Crippen molar-refractivity contribution in [1.82, 2.24) is 0 Å². The molecule has 0 unspecified atom stereocenters. The Morgan fingerprint density at radius 1 is 1.08 bits per heavy atom. The molecule has 2 rings (SSSR count). The number of hydrogen-bond donors (Lipinski definition) is 1. The van der Waals surface area contributed by atoms with Crippen molar-refractivity contribution < 1.29 is 19.1 Å². The lowest BCUT2D eigenvalue weighted by atomic mass is 10.1. The van der Waals surface area contributed by atoms with E-state index in [1.807, 2.05) is 0 Å². The number of hydrazone groups is 1. The largest absolute Gasteiger partial charge is 0.493 e. The number of benzene rings is 2. The van der Waals surface area contributed by atoms with Crippen LogP contribution in [-0.2, 0) is 0 Å². The van der Waals surface area contributed by atoms with Crippen LogP contribution in [0.2, 0.25) is 0 Å². The van der Waals surface area contributed by atoms with E-state index in [0.717, 1.165) is 5.56 Å². The molecule has 0 atom stereocenters. The zero-order chi connectivity index (χ0) is 18.4. The molecule has 2 aromatic rings. The second-order valence-electron chi connectivity index (χ2n) is 5.03. The van der Waals surface area contributed by atoms with Crippen molar-refractivity contribution in [3.8, 4) is 17.2 Å². The second kappa shape index (κ2) is 8.00. The molecule has 132 valence electrons. The highest BCUT2D eigenvalue weighted by Crippen LogP contribution is 2.38. The van der Waals surface area contributed by atoms with Gasteiger partial charge >= 0.3 is 0 Å². The fourth-order valence-electron chi connectivity index (χ4n) is 2.19. The van der Waals surface area contributed by atoms with E-state index < -0.39 is 4.92 Å². The average molecular weight is 345 g/mol. The van der Waals surface area contributed by atoms with Crippen LogP contribution in [0.15, 0.2) is 41.5 Å². The van der Waals surface area contributed by atoms with Crippen LogP contribution in [0.1, 0.15) is 12.5 Å². The van der Waals surface area contributed by atoms with Crippen molar-refractivity contribution in [2.24, 2.45) is 5.10 Å². The second-order valence-corrected chi connectivity index (χ2v) is 5.03. The number of nitro benzene ring substituents is 1. The number of nitrogens with one attached hydrogen (secondary N) is 1. The molecule has 0 saturated carbocycles. The van der Waals surface area contributed by atoms with Crippen LogP contribution >= 0.6 is 0 Å². The third-order valence-electron chi connectivity index (χ3n) is 3.49. The smallest absolute Gasteiger partial charge is 0.271 e. The van der Waals surface area contributed by atoms with E-state index in [4.69, 9.17) is 14.2 Å². The van der Waals surface area contributed by atoms with Crippen molar-refractivity contribution in [2.75, 3.05) is 26.8 Å². The van der Waals surface area contributed by atoms with E-state index in [1.165, 1.54) is 33.5 Å². The predicted octanol–water partition coefficient (Wildman–Crippen LogP) is 3.46. The molecule has 25 heavy (non-hydrogen) atoms. The van der Waals surface area contributed by atoms with Gasteiger partial charge in [-0.15, -0.1) is 0 Å². The molecule has 8 heteroatoms. The molecular weight excluding hydrogens is 326 g/mol. The van der Waals surface area contributed by atoms with Crippen molar-refractivity contribution in [3.63, 3.8) is 0 Å². The summed E-state index contributed by atoms with van der Waals surface area (Å²) >= 11 is 0. The summed E-state index contributed by atoms with van der Waals surface area (Å²) in [6, 6.07) is 9.65. The topological polar surface area (TPSA) is 95.2 Å². The molecule has 0 bridgehead atoms. The minimum atomic E-state index is -0.457. The molecule has 0 radical (unpaired) electrons. The fourth-order valence-corrected chi connectivity index (χ4v) is 2.19. The van der Waals surface area contributed by atoms with Gasteiger partial charge in [0, 0.05) is 17.7 Å². The van der Waals surface area contributed by atoms with Gasteiger partial charge < -0.3 is 14.2 Å². The Balaban J connectivity index is 2.30. The molecule has 1 N–H and O–H groups in total. The highest BCUT2D eigenvalue weighted by atomic mass is 16.6. The van der Waals surface area contributed by atoms with Crippen molar-refractivity contribution >= 4 is 17.1 Å². The highest BCUT2D eigenvalue weighted by Gasteiger charge is 2.14. The summed E-state index contributed by atoms with van der Waals surface area (Å²) < 4.78 is 15.9. The summed E-state index contributed by atoms with van der Waals surface area (Å²) in [5.41, 5.74) is 4.72. The molecule has 0 amide bonds. The van der Waals surface area contributed by atoms with Gasteiger partial charge in [0.2, 0.25) is 5.75 Å². The number of nitrogens with zero attached hydrogens (tertiary/aromatic N) is 2. The van der Waals surface area contributed by atoms with Gasteiger partial charge in [0.25, 0.3) is 5.69 Å². The van der Waals surface area contributed by atoms with Crippen LogP contribution < -0.4 is 19.6 Å². The number of anilines is 1. The van der Waals surface area contributed by atoms with Gasteiger partial charge in [0.15, 0.2) is 11.5 Å². The van der Waals surface area contributed by atoms with Gasteiger partial charge in [-0.05, 0) is 25.1 Å². The van der Waals surface area contributed by atoms with E-state index in [2.05, 4.69) is 10.5 Å². The lowest BCUT2D eigenvalue weighted by Gasteiger charge is -2.14. The summed E-state index contributed by atoms with van der Waals surface area (Å²) in [6.07, 6.45) is 0. The van der Waals surface area contributed by atoms with Crippen molar-refractivity contribution in [3.05, 3.63) is 52.1 Å². The number of rotatable bonds is 7. The Morgan fingerprint density at radius 2 is 1.72 bits per heavy atom. The Morgan fingerprint density at radius 3 is 2.24 bits per heavy atom. The Hall–Kier alpha value is -3.29. The third kappa shape index (κ3) is 4.17. The zero-order valence-electron chi connectivity index (χ0n) is 14.4. The van der Waals surface area contributed by atoms with Gasteiger partial charge in [0.05, 0.1) is 37.7 Å². The lowest BCUT2D eigenvalue weighted by Crippen LogP contribution is -2.03. The Bertz CT molecular complexity index is 780. The maximum atomic E-state index is 10.8. The molecule has 8 nitrogen and oxygen atoms in total. The summed E-state index contributed by atoms with van der Waals surface area (Å²) in [5, 5.41) is 15.1. The minimum absolute atomic E-state index is 0.00867. The molecule has 0 heterocycles. The van der Waals surface area contributed by atoms with Crippen LogP contribution in [0.25, 0.3) is 0 Å². The van der Waals surface area contributed by atoms with E-state index in [9.17, 15) is 10.1 Å². The third-order valence-corrected chi connectivity index (χ3v) is 3.49. The van der Waals surface area contributed by atoms with Gasteiger partial charge in [-0.2, -0.15) is 5.10 Å². The molecular formula is C17H19N3O5. The van der Waals surface area contributed by atoms with Crippen molar-refractivity contribution in [2.45, 2.75) is 6.92 Å². The maximum absolute atomic E-state index is 10.8. The number of ether oxygens (including phenoxy) is 3. The highest BCUT2D eigenvalue weighted by molar-refractivity contribution is 6.00. The number of methoxy groups -OCH3 is 3. The first-order valence-corrected chi connectivity index (χ1v) is 7.35. The first-order chi connectivity index (χ1) is 12.0. The van der Waals surface area contributed by atoms with E-state index in [0.29, 0.717) is 28.6 Å². The number of hydrogen-bond acceptors (Lipinski definition) is 7. The van der Waals surface area contributed by atoms with Crippen LogP contribution in [0.4, 0.5) is 11.4 Å². The van der Waals surface area contributed by atoms with Crippen molar-refractivity contribution in [1.29, 1.82) is 0 Å². The molecule has 0 aliphatic carbocycles. The van der Waals surface area contributed by atoms with Gasteiger partial charge in [0.1, 0.15) is 0 Å². The van der Waals surface area contributed by atoms with Crippen LogP contribution in [0.3, 0.4) is 0 Å². The Kier molecular flexibility index (Phi) is 5.78. The number of non-ortho nitro benzene ring substituents is 1. The average Bonchev–Trinajstić information content (AvgIpc) is 2.64. The zero-order valence-corrected chi connectivity index (χ0v) is 14.4. The molecule has 0 aliphatic heterocycles. The predicted molar refractivity (Wildman–Crippen MR) is 95.0 cm³/mol. The quantitative estimate of drug-likeness (QED) is 0.469.